The number of hydrogen-bond donors (Lipinski definition) is 1. The SMILES string of the molecule is COC(=O)[C@@H](c1ccc2ccccc2c1)[C@@H]1CCCCN1. The van der Waals surface area contributed by atoms with Gasteiger partial charge in [0.15, 0.2) is 0 Å². The van der Waals surface area contributed by atoms with Gasteiger partial charge in [-0.15, -0.1) is 0 Å². The molecule has 0 aliphatic carbocycles. The monoisotopic (exact) mass is 283 g/mol. The number of fused-ring (bicyclic) bond motifs is 1. The summed E-state index contributed by atoms with van der Waals surface area (Å²) in [6.07, 6.45) is 3.37. The first-order chi connectivity index (χ1) is 10.3. The molecule has 0 saturated carbocycles. The number of carbonyl (C=O) groups is 1. The van der Waals surface area contributed by atoms with Crippen LogP contribution in [0.4, 0.5) is 0 Å². The predicted octanol–water partition coefficient (Wildman–Crippen LogP) is 3.24. The molecular formula is C18H21NO2. The van der Waals surface area contributed by atoms with E-state index in [9.17, 15) is 4.79 Å². The summed E-state index contributed by atoms with van der Waals surface area (Å²) in [4.78, 5) is 12.3. The molecule has 21 heavy (non-hydrogen) atoms. The molecule has 0 amide bonds. The molecule has 2 aromatic carbocycles. The first-order valence-corrected chi connectivity index (χ1v) is 7.59. The van der Waals surface area contributed by atoms with Crippen molar-refractivity contribution in [2.24, 2.45) is 0 Å². The summed E-state index contributed by atoms with van der Waals surface area (Å²) in [5.74, 6) is -0.371. The van der Waals surface area contributed by atoms with Crippen LogP contribution in [0.3, 0.4) is 0 Å². The lowest BCUT2D eigenvalue weighted by Crippen LogP contribution is -2.42. The first-order valence-electron chi connectivity index (χ1n) is 7.59. The van der Waals surface area contributed by atoms with Crippen LogP contribution in [0.25, 0.3) is 10.8 Å². The highest BCUT2D eigenvalue weighted by Gasteiger charge is 2.31. The van der Waals surface area contributed by atoms with Gasteiger partial charge in [-0.3, -0.25) is 4.79 Å². The van der Waals surface area contributed by atoms with Gasteiger partial charge in [-0.1, -0.05) is 48.9 Å². The number of methoxy groups -OCH3 is 1. The summed E-state index contributed by atoms with van der Waals surface area (Å²) >= 11 is 0. The topological polar surface area (TPSA) is 38.3 Å². The van der Waals surface area contributed by atoms with Crippen molar-refractivity contribution in [1.29, 1.82) is 0 Å². The molecule has 0 unspecified atom stereocenters. The van der Waals surface area contributed by atoms with Gasteiger partial charge in [-0.25, -0.2) is 0 Å². The molecule has 0 aromatic heterocycles. The third-order valence-electron chi connectivity index (χ3n) is 4.34. The predicted molar refractivity (Wildman–Crippen MR) is 84.3 cm³/mol. The molecule has 1 N–H and O–H groups in total. The Kier molecular flexibility index (Phi) is 4.20. The summed E-state index contributed by atoms with van der Waals surface area (Å²) in [5.41, 5.74) is 1.04. The zero-order valence-electron chi connectivity index (χ0n) is 12.3. The van der Waals surface area contributed by atoms with Gasteiger partial charge in [0.2, 0.25) is 0 Å². The van der Waals surface area contributed by atoms with Gasteiger partial charge in [-0.05, 0) is 35.7 Å². The van der Waals surface area contributed by atoms with Crippen molar-refractivity contribution in [3.63, 3.8) is 0 Å². The van der Waals surface area contributed by atoms with Gasteiger partial charge < -0.3 is 10.1 Å². The van der Waals surface area contributed by atoms with E-state index in [4.69, 9.17) is 4.74 Å². The maximum Gasteiger partial charge on any atom is 0.314 e. The molecule has 1 fully saturated rings. The van der Waals surface area contributed by atoms with Gasteiger partial charge in [0.05, 0.1) is 13.0 Å². The highest BCUT2D eigenvalue weighted by molar-refractivity contribution is 5.86. The van der Waals surface area contributed by atoms with Gasteiger partial charge >= 0.3 is 5.97 Å². The second-order valence-electron chi connectivity index (χ2n) is 5.66. The van der Waals surface area contributed by atoms with Crippen LogP contribution in [0, 0.1) is 0 Å². The molecule has 110 valence electrons. The zero-order valence-corrected chi connectivity index (χ0v) is 12.3. The molecule has 2 atom stereocenters. The maximum atomic E-state index is 12.3. The van der Waals surface area contributed by atoms with Crippen LogP contribution >= 0.6 is 0 Å². The van der Waals surface area contributed by atoms with Crippen LogP contribution in [-0.4, -0.2) is 25.7 Å². The first kappa shape index (κ1) is 14.1. The fourth-order valence-corrected chi connectivity index (χ4v) is 3.22. The zero-order chi connectivity index (χ0) is 14.7. The number of rotatable bonds is 3. The fourth-order valence-electron chi connectivity index (χ4n) is 3.22. The summed E-state index contributed by atoms with van der Waals surface area (Å²) in [7, 11) is 1.47. The standard InChI is InChI=1S/C18H21NO2/c1-21-18(20)17(16-8-4-5-11-19-16)15-10-9-13-6-2-3-7-14(13)12-15/h2-3,6-7,9-10,12,16-17,19H,4-5,8,11H2,1H3/t16-,17-/m0/s1. The van der Waals surface area contributed by atoms with E-state index in [1.165, 1.54) is 30.7 Å². The van der Waals surface area contributed by atoms with Gasteiger partial charge in [-0.2, -0.15) is 0 Å². The Labute approximate surface area is 125 Å². The summed E-state index contributed by atoms with van der Waals surface area (Å²) in [6.45, 7) is 0.978. The van der Waals surface area contributed by atoms with Crippen molar-refractivity contribution in [2.45, 2.75) is 31.2 Å². The lowest BCUT2D eigenvalue weighted by molar-refractivity contribution is -0.143. The Bertz CT molecular complexity index is 632. The highest BCUT2D eigenvalue weighted by Crippen LogP contribution is 2.29. The van der Waals surface area contributed by atoms with Crippen molar-refractivity contribution in [2.75, 3.05) is 13.7 Å². The quantitative estimate of drug-likeness (QED) is 0.879. The van der Waals surface area contributed by atoms with E-state index in [1.807, 2.05) is 12.1 Å². The molecule has 1 aliphatic heterocycles. The maximum absolute atomic E-state index is 12.3. The third kappa shape index (κ3) is 2.93. The van der Waals surface area contributed by atoms with E-state index >= 15 is 0 Å². The number of carbonyl (C=O) groups excluding carboxylic acids is 1. The largest absolute Gasteiger partial charge is 0.469 e. The lowest BCUT2D eigenvalue weighted by atomic mass is 9.85. The molecule has 3 rings (SSSR count). The minimum Gasteiger partial charge on any atom is -0.469 e. The van der Waals surface area contributed by atoms with E-state index in [0.29, 0.717) is 0 Å². The summed E-state index contributed by atoms with van der Waals surface area (Å²) in [6, 6.07) is 14.7. The molecular weight excluding hydrogens is 262 g/mol. The molecule has 0 radical (unpaired) electrons. The van der Waals surface area contributed by atoms with Crippen LogP contribution in [0.1, 0.15) is 30.7 Å². The lowest BCUT2D eigenvalue weighted by Gasteiger charge is -2.30. The van der Waals surface area contributed by atoms with E-state index in [0.717, 1.165) is 18.5 Å². The molecule has 1 saturated heterocycles. The average molecular weight is 283 g/mol. The Morgan fingerprint density at radius 3 is 2.71 bits per heavy atom. The van der Waals surface area contributed by atoms with Crippen LogP contribution in [0.5, 0.6) is 0 Å². The molecule has 1 heterocycles. The van der Waals surface area contributed by atoms with Crippen LogP contribution in [0.15, 0.2) is 42.5 Å². The Morgan fingerprint density at radius 2 is 2.00 bits per heavy atom. The van der Waals surface area contributed by atoms with Crippen molar-refractivity contribution >= 4 is 16.7 Å². The van der Waals surface area contributed by atoms with E-state index in [-0.39, 0.29) is 17.9 Å². The Hall–Kier alpha value is -1.87. The molecule has 3 heteroatoms. The smallest absolute Gasteiger partial charge is 0.314 e. The van der Waals surface area contributed by atoms with Gasteiger partial charge in [0.1, 0.15) is 0 Å². The van der Waals surface area contributed by atoms with Crippen molar-refractivity contribution in [1.82, 2.24) is 5.32 Å². The van der Waals surface area contributed by atoms with E-state index < -0.39 is 0 Å². The average Bonchev–Trinajstić information content (AvgIpc) is 2.56. The number of nitrogens with one attached hydrogen (secondary N) is 1. The van der Waals surface area contributed by atoms with Crippen molar-refractivity contribution < 1.29 is 9.53 Å². The third-order valence-corrected chi connectivity index (χ3v) is 4.34. The molecule has 3 nitrogen and oxygen atoms in total. The molecule has 0 bridgehead atoms. The van der Waals surface area contributed by atoms with Crippen molar-refractivity contribution in [3.05, 3.63) is 48.0 Å². The Morgan fingerprint density at radius 1 is 1.19 bits per heavy atom. The number of esters is 1. The fraction of sp³-hybridized carbons (Fsp3) is 0.389. The van der Waals surface area contributed by atoms with E-state index in [1.54, 1.807) is 0 Å². The number of benzene rings is 2. The number of piperidine rings is 1. The van der Waals surface area contributed by atoms with Crippen LogP contribution in [-0.2, 0) is 9.53 Å². The highest BCUT2D eigenvalue weighted by atomic mass is 16.5. The minimum atomic E-state index is -0.222. The normalized spacial score (nSPS) is 20.1. The van der Waals surface area contributed by atoms with E-state index in [2.05, 4.69) is 35.6 Å². The molecule has 0 spiro atoms. The molecule has 2 aromatic rings. The van der Waals surface area contributed by atoms with Crippen LogP contribution in [0.2, 0.25) is 0 Å². The van der Waals surface area contributed by atoms with Crippen LogP contribution < -0.4 is 5.32 Å². The second kappa shape index (κ2) is 6.27. The van der Waals surface area contributed by atoms with Gasteiger partial charge in [0.25, 0.3) is 0 Å². The number of ether oxygens (including phenoxy) is 1. The van der Waals surface area contributed by atoms with Gasteiger partial charge in [0, 0.05) is 6.04 Å². The second-order valence-corrected chi connectivity index (χ2v) is 5.66. The number of hydrogen-bond acceptors (Lipinski definition) is 3. The Balaban J connectivity index is 1.98. The minimum absolute atomic E-state index is 0.148. The summed E-state index contributed by atoms with van der Waals surface area (Å²) in [5, 5.41) is 5.84. The van der Waals surface area contributed by atoms with Crippen molar-refractivity contribution in [3.8, 4) is 0 Å². The molecule has 1 aliphatic rings. The summed E-state index contributed by atoms with van der Waals surface area (Å²) < 4.78 is 5.05.